The van der Waals surface area contributed by atoms with Gasteiger partial charge < -0.3 is 0 Å². The maximum atomic E-state index is 14.0. The van der Waals surface area contributed by atoms with E-state index in [0.717, 1.165) is 10.2 Å². The van der Waals surface area contributed by atoms with Crippen LogP contribution in [0.4, 0.5) is 27.6 Å². The van der Waals surface area contributed by atoms with Crippen LogP contribution in [0.15, 0.2) is 23.1 Å². The van der Waals surface area contributed by atoms with Crippen LogP contribution in [0.1, 0.15) is 28.1 Å². The lowest BCUT2D eigenvalue weighted by Crippen LogP contribution is -2.16. The number of aromatic nitrogens is 2. The molecule has 0 aliphatic rings. The average Bonchev–Trinajstić information content (AvgIpc) is 2.97. The minimum Gasteiger partial charge on any atom is -0.276 e. The van der Waals surface area contributed by atoms with Crippen molar-refractivity contribution in [1.82, 2.24) is 9.78 Å². The molecule has 11 heteroatoms. The smallest absolute Gasteiger partial charge is 0.262 e. The Bertz CT molecular complexity index is 1270. The van der Waals surface area contributed by atoms with Crippen molar-refractivity contribution in [2.24, 2.45) is 0 Å². The number of anilines is 1. The van der Waals surface area contributed by atoms with E-state index in [-0.39, 0.29) is 22.0 Å². The number of nitrogens with zero attached hydrogens (tertiary/aromatic N) is 2. The molecule has 3 rings (SSSR count). The molecule has 1 aromatic heterocycles. The number of rotatable bonds is 5. The van der Waals surface area contributed by atoms with Gasteiger partial charge in [-0.05, 0) is 44.9 Å². The van der Waals surface area contributed by atoms with Crippen LogP contribution in [0.5, 0.6) is 0 Å². The summed E-state index contributed by atoms with van der Waals surface area (Å²) >= 11 is 0. The van der Waals surface area contributed by atoms with Crippen LogP contribution in [-0.4, -0.2) is 18.2 Å². The Morgan fingerprint density at radius 3 is 2.03 bits per heavy atom. The molecule has 0 bridgehead atoms. The van der Waals surface area contributed by atoms with Crippen molar-refractivity contribution in [3.05, 3.63) is 75.4 Å². The van der Waals surface area contributed by atoms with Gasteiger partial charge in [0.2, 0.25) is 5.82 Å². The van der Waals surface area contributed by atoms with Crippen LogP contribution in [0.3, 0.4) is 0 Å². The molecule has 2 aromatic carbocycles. The molecule has 0 atom stereocenters. The lowest BCUT2D eigenvalue weighted by atomic mass is 10.1. The molecule has 31 heavy (non-hydrogen) atoms. The summed E-state index contributed by atoms with van der Waals surface area (Å²) in [5.74, 6) is -10.3. The monoisotopic (exact) mass is 459 g/mol. The van der Waals surface area contributed by atoms with E-state index in [2.05, 4.69) is 9.82 Å². The molecule has 3 aromatic rings. The predicted molar refractivity (Wildman–Crippen MR) is 104 cm³/mol. The van der Waals surface area contributed by atoms with E-state index in [1.54, 1.807) is 26.0 Å². The van der Waals surface area contributed by atoms with Crippen molar-refractivity contribution in [2.75, 3.05) is 4.72 Å². The molecule has 0 amide bonds. The Labute approximate surface area is 175 Å². The Balaban J connectivity index is 2.02. The van der Waals surface area contributed by atoms with Crippen molar-refractivity contribution >= 4 is 15.7 Å². The first-order valence-corrected chi connectivity index (χ1v) is 10.5. The maximum Gasteiger partial charge on any atom is 0.262 e. The number of aryl methyl sites for hydroxylation is 3. The quantitative estimate of drug-likeness (QED) is 0.343. The van der Waals surface area contributed by atoms with Gasteiger partial charge in [-0.2, -0.15) is 5.10 Å². The molecule has 0 fully saturated rings. The molecule has 0 saturated carbocycles. The highest BCUT2D eigenvalue weighted by molar-refractivity contribution is 7.92. The lowest BCUT2D eigenvalue weighted by molar-refractivity contribution is 0.366. The van der Waals surface area contributed by atoms with E-state index in [9.17, 15) is 30.4 Å². The third-order valence-electron chi connectivity index (χ3n) is 4.86. The molecule has 5 nitrogen and oxygen atoms in total. The summed E-state index contributed by atoms with van der Waals surface area (Å²) in [5.41, 5.74) is 0.491. The molecule has 0 unspecified atom stereocenters. The summed E-state index contributed by atoms with van der Waals surface area (Å²) in [6, 6.07) is 4.89. The summed E-state index contributed by atoms with van der Waals surface area (Å²) in [7, 11) is -4.03. The Kier molecular flexibility index (Phi) is 5.83. The van der Waals surface area contributed by atoms with Gasteiger partial charge >= 0.3 is 0 Å². The van der Waals surface area contributed by atoms with Crippen molar-refractivity contribution in [1.29, 1.82) is 0 Å². The largest absolute Gasteiger partial charge is 0.276 e. The molecular weight excluding hydrogens is 441 g/mol. The van der Waals surface area contributed by atoms with E-state index in [1.165, 1.54) is 19.9 Å². The highest BCUT2D eigenvalue weighted by Crippen LogP contribution is 2.28. The van der Waals surface area contributed by atoms with Crippen molar-refractivity contribution in [2.45, 2.75) is 39.1 Å². The Morgan fingerprint density at radius 2 is 1.45 bits per heavy atom. The second-order valence-corrected chi connectivity index (χ2v) is 8.78. The average molecular weight is 459 g/mol. The lowest BCUT2D eigenvalue weighted by Gasteiger charge is -2.12. The molecule has 0 spiro atoms. The molecule has 0 saturated heterocycles. The molecule has 1 N–H and O–H groups in total. The van der Waals surface area contributed by atoms with E-state index in [4.69, 9.17) is 0 Å². The van der Waals surface area contributed by atoms with Crippen molar-refractivity contribution < 1.29 is 30.4 Å². The fourth-order valence-corrected chi connectivity index (χ4v) is 4.63. The molecule has 0 radical (unpaired) electrons. The standard InChI is InChI=1S/C20H18F5N3O2S/c1-9-5-6-10(2)14(7-9)31(29,30)27-20-11(3)26-28(12(20)4)8-13-15(21)17(23)19(25)18(24)16(13)22/h5-7,27H,8H2,1-4H3. The van der Waals surface area contributed by atoms with Gasteiger partial charge in [-0.25, -0.2) is 30.4 Å². The van der Waals surface area contributed by atoms with Gasteiger partial charge in [0.25, 0.3) is 10.0 Å². The maximum absolute atomic E-state index is 14.0. The highest BCUT2D eigenvalue weighted by Gasteiger charge is 2.27. The summed E-state index contributed by atoms with van der Waals surface area (Å²) in [6.07, 6.45) is 0. The zero-order chi connectivity index (χ0) is 23.2. The fraction of sp³-hybridized carbons (Fsp3) is 0.250. The summed E-state index contributed by atoms with van der Waals surface area (Å²) in [4.78, 5) is 0.0406. The van der Waals surface area contributed by atoms with Crippen LogP contribution < -0.4 is 4.72 Å². The minimum absolute atomic E-state index is 0.0406. The molecule has 166 valence electrons. The number of halogens is 5. The first-order valence-electron chi connectivity index (χ1n) is 8.99. The summed E-state index contributed by atoms with van der Waals surface area (Å²) < 4.78 is 97.4. The number of benzene rings is 2. The van der Waals surface area contributed by atoms with Gasteiger partial charge in [0, 0.05) is 0 Å². The SMILES string of the molecule is Cc1ccc(C)c(S(=O)(=O)Nc2c(C)nn(Cc3c(F)c(F)c(F)c(F)c3F)c2C)c1. The van der Waals surface area contributed by atoms with E-state index >= 15 is 0 Å². The normalized spacial score (nSPS) is 11.8. The topological polar surface area (TPSA) is 64.0 Å². The number of nitrogens with one attached hydrogen (secondary N) is 1. The minimum atomic E-state index is -4.03. The molecule has 1 heterocycles. The zero-order valence-electron chi connectivity index (χ0n) is 16.9. The fourth-order valence-electron chi connectivity index (χ4n) is 3.12. The highest BCUT2D eigenvalue weighted by atomic mass is 32.2. The van der Waals surface area contributed by atoms with Gasteiger partial charge in [-0.3, -0.25) is 9.40 Å². The van der Waals surface area contributed by atoms with Gasteiger partial charge in [0.15, 0.2) is 23.3 Å². The van der Waals surface area contributed by atoms with Gasteiger partial charge in [0.1, 0.15) is 0 Å². The predicted octanol–water partition coefficient (Wildman–Crippen LogP) is 4.66. The van der Waals surface area contributed by atoms with Gasteiger partial charge in [0.05, 0.1) is 34.1 Å². The van der Waals surface area contributed by atoms with E-state index < -0.39 is 51.2 Å². The summed E-state index contributed by atoms with van der Waals surface area (Å²) in [6.45, 7) is 5.43. The Hall–Kier alpha value is -2.95. The van der Waals surface area contributed by atoms with Gasteiger partial charge in [-0.15, -0.1) is 0 Å². The number of sulfonamides is 1. The summed E-state index contributed by atoms with van der Waals surface area (Å²) in [5, 5.41) is 4.00. The van der Waals surface area contributed by atoms with Crippen molar-refractivity contribution in [3.63, 3.8) is 0 Å². The zero-order valence-corrected chi connectivity index (χ0v) is 17.8. The molecular formula is C20H18F5N3O2S. The third kappa shape index (κ3) is 4.01. The second-order valence-electron chi connectivity index (χ2n) is 7.13. The van der Waals surface area contributed by atoms with Crippen LogP contribution in [-0.2, 0) is 16.6 Å². The van der Waals surface area contributed by atoms with Crippen LogP contribution in [0.25, 0.3) is 0 Å². The first-order chi connectivity index (χ1) is 14.3. The van der Waals surface area contributed by atoms with Gasteiger partial charge in [-0.1, -0.05) is 12.1 Å². The van der Waals surface area contributed by atoms with E-state index in [0.29, 0.717) is 5.56 Å². The van der Waals surface area contributed by atoms with Crippen molar-refractivity contribution in [3.8, 4) is 0 Å². The van der Waals surface area contributed by atoms with Crippen LogP contribution in [0.2, 0.25) is 0 Å². The third-order valence-corrected chi connectivity index (χ3v) is 6.35. The second kappa shape index (κ2) is 7.95. The molecule has 0 aliphatic carbocycles. The number of hydrogen-bond acceptors (Lipinski definition) is 3. The van der Waals surface area contributed by atoms with Crippen LogP contribution >= 0.6 is 0 Å². The number of hydrogen-bond donors (Lipinski definition) is 1. The van der Waals surface area contributed by atoms with E-state index in [1.807, 2.05) is 0 Å². The van der Waals surface area contributed by atoms with Crippen LogP contribution in [0, 0.1) is 56.8 Å². The molecule has 0 aliphatic heterocycles. The Morgan fingerprint density at radius 1 is 0.903 bits per heavy atom. The first kappa shape index (κ1) is 22.7.